The van der Waals surface area contributed by atoms with Crippen LogP contribution in [0.15, 0.2) is 35.1 Å². The van der Waals surface area contributed by atoms with E-state index in [4.69, 9.17) is 4.52 Å². The second kappa shape index (κ2) is 5.95. The van der Waals surface area contributed by atoms with E-state index in [1.807, 2.05) is 18.3 Å². The first-order valence-corrected chi connectivity index (χ1v) is 9.18. The average molecular weight is 338 g/mol. The van der Waals surface area contributed by atoms with E-state index in [1.54, 1.807) is 6.20 Å². The highest BCUT2D eigenvalue weighted by Gasteiger charge is 2.43. The molecule has 0 aromatic carbocycles. The number of amides is 1. The second-order valence-corrected chi connectivity index (χ2v) is 7.54. The van der Waals surface area contributed by atoms with Crippen LogP contribution in [0.3, 0.4) is 0 Å². The van der Waals surface area contributed by atoms with Crippen molar-refractivity contribution in [2.24, 2.45) is 0 Å². The molecule has 3 fully saturated rings. The summed E-state index contributed by atoms with van der Waals surface area (Å²) in [5, 5.41) is 4.05. The molecule has 5 rings (SSSR count). The van der Waals surface area contributed by atoms with E-state index in [0.717, 1.165) is 51.1 Å². The Bertz CT molecular complexity index is 757. The van der Waals surface area contributed by atoms with Gasteiger partial charge in [-0.3, -0.25) is 14.7 Å². The molecule has 0 N–H and O–H groups in total. The van der Waals surface area contributed by atoms with Crippen LogP contribution in [0.2, 0.25) is 0 Å². The number of piperazine rings is 1. The minimum atomic E-state index is 0.0455. The Morgan fingerprint density at radius 3 is 2.68 bits per heavy atom. The van der Waals surface area contributed by atoms with Gasteiger partial charge in [0, 0.05) is 56.1 Å². The number of hydrogen-bond acceptors (Lipinski definition) is 5. The molecule has 2 bridgehead atoms. The van der Waals surface area contributed by atoms with Crippen molar-refractivity contribution in [2.45, 2.75) is 50.2 Å². The Morgan fingerprint density at radius 2 is 2.00 bits per heavy atom. The molecule has 25 heavy (non-hydrogen) atoms. The summed E-state index contributed by atoms with van der Waals surface area (Å²) < 4.78 is 5.38. The maximum atomic E-state index is 13.0. The summed E-state index contributed by atoms with van der Waals surface area (Å²) in [5.74, 6) is 1.41. The van der Waals surface area contributed by atoms with Crippen molar-refractivity contribution in [3.8, 4) is 0 Å². The number of likely N-dealkylation sites (tertiary alicyclic amines) is 1. The SMILES string of the molecule is O=C(c1cc(C2CC2)on1)N1C2CCC1CN(Cc1cccnc1)C2. The molecule has 2 unspecified atom stereocenters. The van der Waals surface area contributed by atoms with Gasteiger partial charge in [-0.05, 0) is 37.3 Å². The number of pyridine rings is 1. The summed E-state index contributed by atoms with van der Waals surface area (Å²) in [4.78, 5) is 21.7. The number of fused-ring (bicyclic) bond motifs is 2. The standard InChI is InChI=1S/C19H22N4O2/c24-19(17-8-18(25-21-17)14-3-4-14)23-15-5-6-16(23)12-22(11-15)10-13-2-1-7-20-9-13/h1-2,7-9,14-16H,3-6,10-12H2. The van der Waals surface area contributed by atoms with Gasteiger partial charge in [-0.1, -0.05) is 11.2 Å². The zero-order chi connectivity index (χ0) is 16.8. The van der Waals surface area contributed by atoms with Gasteiger partial charge in [-0.15, -0.1) is 0 Å². The topological polar surface area (TPSA) is 62.5 Å². The summed E-state index contributed by atoms with van der Waals surface area (Å²) in [6, 6.07) is 6.52. The van der Waals surface area contributed by atoms with E-state index >= 15 is 0 Å². The highest BCUT2D eigenvalue weighted by molar-refractivity contribution is 5.93. The van der Waals surface area contributed by atoms with Crippen molar-refractivity contribution in [2.75, 3.05) is 13.1 Å². The molecule has 1 saturated carbocycles. The van der Waals surface area contributed by atoms with Crippen LogP contribution in [0.1, 0.15) is 53.4 Å². The van der Waals surface area contributed by atoms with E-state index in [0.29, 0.717) is 11.6 Å². The van der Waals surface area contributed by atoms with Crippen LogP contribution < -0.4 is 0 Å². The van der Waals surface area contributed by atoms with Crippen molar-refractivity contribution in [3.05, 3.63) is 47.6 Å². The van der Waals surface area contributed by atoms with Gasteiger partial charge >= 0.3 is 0 Å². The third-order valence-corrected chi connectivity index (χ3v) is 5.65. The minimum Gasteiger partial charge on any atom is -0.360 e. The molecule has 0 radical (unpaired) electrons. The number of carbonyl (C=O) groups is 1. The molecule has 2 atom stereocenters. The van der Waals surface area contributed by atoms with Gasteiger partial charge in [0.25, 0.3) is 5.91 Å². The number of aromatic nitrogens is 2. The lowest BCUT2D eigenvalue weighted by atomic mass is 10.1. The van der Waals surface area contributed by atoms with E-state index in [1.165, 1.54) is 5.56 Å². The van der Waals surface area contributed by atoms with Crippen molar-refractivity contribution in [1.82, 2.24) is 19.9 Å². The first-order valence-electron chi connectivity index (χ1n) is 9.18. The van der Waals surface area contributed by atoms with Crippen LogP contribution in [0.4, 0.5) is 0 Å². The first-order chi connectivity index (χ1) is 12.3. The molecule has 2 aromatic heterocycles. The molecule has 1 amide bonds. The second-order valence-electron chi connectivity index (χ2n) is 7.54. The van der Waals surface area contributed by atoms with Gasteiger partial charge in [-0.25, -0.2) is 0 Å². The largest absolute Gasteiger partial charge is 0.360 e. The lowest BCUT2D eigenvalue weighted by Crippen LogP contribution is -2.55. The monoisotopic (exact) mass is 338 g/mol. The first kappa shape index (κ1) is 15.1. The van der Waals surface area contributed by atoms with Gasteiger partial charge in [-0.2, -0.15) is 0 Å². The fourth-order valence-electron chi connectivity index (χ4n) is 4.28. The molecule has 6 nitrogen and oxygen atoms in total. The van der Waals surface area contributed by atoms with Crippen LogP contribution in [0, 0.1) is 0 Å². The lowest BCUT2D eigenvalue weighted by molar-refractivity contribution is 0.0396. The summed E-state index contributed by atoms with van der Waals surface area (Å²) >= 11 is 0. The summed E-state index contributed by atoms with van der Waals surface area (Å²) in [7, 11) is 0. The third kappa shape index (κ3) is 2.84. The Kier molecular flexibility index (Phi) is 3.59. The van der Waals surface area contributed by atoms with Crippen LogP contribution >= 0.6 is 0 Å². The quantitative estimate of drug-likeness (QED) is 0.857. The highest BCUT2D eigenvalue weighted by atomic mass is 16.5. The van der Waals surface area contributed by atoms with Crippen LogP contribution in [-0.4, -0.2) is 51.0 Å². The maximum absolute atomic E-state index is 13.0. The molecule has 0 spiro atoms. The smallest absolute Gasteiger partial charge is 0.276 e. The summed E-state index contributed by atoms with van der Waals surface area (Å²) in [6.07, 6.45) is 8.19. The average Bonchev–Trinajstić information content (AvgIpc) is 3.30. The molecule has 2 aliphatic heterocycles. The highest BCUT2D eigenvalue weighted by Crippen LogP contribution is 2.40. The van der Waals surface area contributed by atoms with Gasteiger partial charge in [0.1, 0.15) is 5.76 Å². The molecule has 3 aliphatic rings. The molecule has 2 aromatic rings. The molecular formula is C19H22N4O2. The van der Waals surface area contributed by atoms with Gasteiger partial charge in [0.15, 0.2) is 5.69 Å². The molecule has 2 saturated heterocycles. The summed E-state index contributed by atoms with van der Waals surface area (Å²) in [5.41, 5.74) is 1.71. The number of nitrogens with zero attached hydrogens (tertiary/aromatic N) is 4. The Morgan fingerprint density at radius 1 is 1.20 bits per heavy atom. The zero-order valence-electron chi connectivity index (χ0n) is 14.2. The van der Waals surface area contributed by atoms with Crippen molar-refractivity contribution >= 4 is 5.91 Å². The van der Waals surface area contributed by atoms with Crippen molar-refractivity contribution in [1.29, 1.82) is 0 Å². The predicted octanol–water partition coefficient (Wildman–Crippen LogP) is 2.44. The fourth-order valence-corrected chi connectivity index (χ4v) is 4.28. The minimum absolute atomic E-state index is 0.0455. The summed E-state index contributed by atoms with van der Waals surface area (Å²) in [6.45, 7) is 2.74. The third-order valence-electron chi connectivity index (χ3n) is 5.65. The fraction of sp³-hybridized carbons (Fsp3) is 0.526. The number of carbonyl (C=O) groups excluding carboxylic acids is 1. The van der Waals surface area contributed by atoms with Gasteiger partial charge in [0.2, 0.25) is 0 Å². The normalized spacial score (nSPS) is 26.2. The van der Waals surface area contributed by atoms with Crippen molar-refractivity contribution in [3.63, 3.8) is 0 Å². The van der Waals surface area contributed by atoms with Crippen LogP contribution in [-0.2, 0) is 6.54 Å². The predicted molar refractivity (Wildman–Crippen MR) is 91.0 cm³/mol. The number of rotatable bonds is 4. The van der Waals surface area contributed by atoms with Crippen LogP contribution in [0.25, 0.3) is 0 Å². The van der Waals surface area contributed by atoms with E-state index in [-0.39, 0.29) is 18.0 Å². The molecule has 6 heteroatoms. The number of hydrogen-bond donors (Lipinski definition) is 0. The van der Waals surface area contributed by atoms with Gasteiger partial charge in [0.05, 0.1) is 0 Å². The zero-order valence-corrected chi connectivity index (χ0v) is 14.2. The van der Waals surface area contributed by atoms with Crippen LogP contribution in [0.5, 0.6) is 0 Å². The molecular weight excluding hydrogens is 316 g/mol. The maximum Gasteiger partial charge on any atom is 0.276 e. The Labute approximate surface area is 146 Å². The van der Waals surface area contributed by atoms with E-state index in [2.05, 4.69) is 26.0 Å². The van der Waals surface area contributed by atoms with E-state index in [9.17, 15) is 4.79 Å². The molecule has 130 valence electrons. The Hall–Kier alpha value is -2.21. The Balaban J connectivity index is 1.29. The molecule has 4 heterocycles. The van der Waals surface area contributed by atoms with Gasteiger partial charge < -0.3 is 9.42 Å². The lowest BCUT2D eigenvalue weighted by Gasteiger charge is -2.40. The molecule has 1 aliphatic carbocycles. The van der Waals surface area contributed by atoms with E-state index < -0.39 is 0 Å². The van der Waals surface area contributed by atoms with Crippen molar-refractivity contribution < 1.29 is 9.32 Å².